The third-order valence-electron chi connectivity index (χ3n) is 6.37. The van der Waals surface area contributed by atoms with Crippen LogP contribution in [0.5, 0.6) is 17.2 Å². The first-order chi connectivity index (χ1) is 16.1. The first-order valence-corrected chi connectivity index (χ1v) is 11.3. The van der Waals surface area contributed by atoms with Gasteiger partial charge in [-0.05, 0) is 71.9 Å². The lowest BCUT2D eigenvalue weighted by Crippen LogP contribution is -2.39. The smallest absolute Gasteiger partial charge is 0.131 e. The van der Waals surface area contributed by atoms with Gasteiger partial charge in [-0.15, -0.1) is 6.58 Å². The van der Waals surface area contributed by atoms with E-state index in [1.165, 1.54) is 12.8 Å². The van der Waals surface area contributed by atoms with E-state index in [2.05, 4.69) is 23.6 Å². The summed E-state index contributed by atoms with van der Waals surface area (Å²) in [6.45, 7) is 5.30. The number of carbonyl (C=O) groups is 1. The van der Waals surface area contributed by atoms with Crippen molar-refractivity contribution < 1.29 is 19.4 Å². The van der Waals surface area contributed by atoms with Gasteiger partial charge in [-0.2, -0.15) is 0 Å². The molecule has 0 bridgehead atoms. The minimum Gasteiger partial charge on any atom is -0.508 e. The number of aldehydes is 1. The van der Waals surface area contributed by atoms with Crippen LogP contribution in [0.3, 0.4) is 0 Å². The van der Waals surface area contributed by atoms with Crippen molar-refractivity contribution in [3.8, 4) is 17.2 Å². The highest BCUT2D eigenvalue weighted by molar-refractivity contribution is 5.75. The number of hydrogen-bond acceptors (Lipinski definition) is 5. The number of ether oxygens (including phenoxy) is 2. The average Bonchev–Trinajstić information content (AvgIpc) is 3.67. The Bertz CT molecular complexity index is 1100. The van der Waals surface area contributed by atoms with Crippen molar-refractivity contribution in [1.82, 2.24) is 4.90 Å². The number of piperidine rings is 1. The van der Waals surface area contributed by atoms with Gasteiger partial charge in [0.25, 0.3) is 0 Å². The monoisotopic (exact) mass is 445 g/mol. The Balaban J connectivity index is 1.74. The number of likely N-dealkylation sites (tertiary alicyclic amines) is 1. The van der Waals surface area contributed by atoms with Gasteiger partial charge < -0.3 is 19.4 Å². The number of hydrogen-bond donors (Lipinski definition) is 1. The normalized spacial score (nSPS) is 21.2. The molecule has 0 radical (unpaired) electrons. The van der Waals surface area contributed by atoms with Gasteiger partial charge in [-0.3, -0.25) is 4.90 Å². The Morgan fingerprint density at radius 2 is 1.82 bits per heavy atom. The van der Waals surface area contributed by atoms with E-state index in [1.54, 1.807) is 26.4 Å². The molecule has 0 amide bonds. The number of phenols is 1. The summed E-state index contributed by atoms with van der Waals surface area (Å²) in [5.74, 6) is 1.41. The quantitative estimate of drug-likeness (QED) is 0.463. The summed E-state index contributed by atoms with van der Waals surface area (Å²) >= 11 is 0. The van der Waals surface area contributed by atoms with Crippen LogP contribution in [0.1, 0.15) is 29.5 Å². The number of carbonyl (C=O) groups excluding carboxylic acids is 1. The van der Waals surface area contributed by atoms with Gasteiger partial charge in [-0.1, -0.05) is 18.2 Å². The fourth-order valence-electron chi connectivity index (χ4n) is 4.47. The van der Waals surface area contributed by atoms with E-state index in [9.17, 15) is 9.90 Å². The van der Waals surface area contributed by atoms with Gasteiger partial charge in [0.15, 0.2) is 0 Å². The lowest BCUT2D eigenvalue weighted by Gasteiger charge is -2.35. The standard InChI is InChI=1S/C28H31NO4/c1-4-5-20-12-19(6-11-27(20)31)13-22-16-29(24-8-9-24)17-23(26(22)18-30)14-21-7-10-25(32-2)15-28(21)33-3/h4,6-7,10-15,18,24,26,31H,1,5,8-9,16-17H2,2-3H3/b22-13-,23-14-. The van der Waals surface area contributed by atoms with Gasteiger partial charge in [0.2, 0.25) is 0 Å². The van der Waals surface area contributed by atoms with Crippen LogP contribution in [0.4, 0.5) is 0 Å². The van der Waals surface area contributed by atoms with Crippen LogP contribution in [-0.4, -0.2) is 49.6 Å². The third kappa shape index (κ3) is 5.20. The molecule has 1 heterocycles. The molecule has 1 aliphatic heterocycles. The molecule has 33 heavy (non-hydrogen) atoms. The maximum atomic E-state index is 12.3. The summed E-state index contributed by atoms with van der Waals surface area (Å²) in [7, 11) is 3.27. The second-order valence-corrected chi connectivity index (χ2v) is 8.68. The highest BCUT2D eigenvalue weighted by Gasteiger charge is 2.36. The Morgan fingerprint density at radius 1 is 1.06 bits per heavy atom. The number of nitrogens with zero attached hydrogens (tertiary/aromatic N) is 1. The molecule has 2 aromatic carbocycles. The molecule has 5 nitrogen and oxygen atoms in total. The molecule has 2 aromatic rings. The molecule has 0 spiro atoms. The summed E-state index contributed by atoms with van der Waals surface area (Å²) in [5.41, 5.74) is 4.86. The SMILES string of the molecule is C=CCc1cc(/C=C2/CN(C3CC3)C/C(=C/c3ccc(OC)cc3OC)C2C=O)ccc1O. The van der Waals surface area contributed by atoms with Crippen molar-refractivity contribution in [3.05, 3.63) is 76.9 Å². The molecule has 4 rings (SSSR count). The van der Waals surface area contributed by atoms with E-state index < -0.39 is 0 Å². The lowest BCUT2D eigenvalue weighted by molar-refractivity contribution is -0.109. The molecule has 1 saturated carbocycles. The summed E-state index contributed by atoms with van der Waals surface area (Å²) in [4.78, 5) is 14.8. The average molecular weight is 446 g/mol. The van der Waals surface area contributed by atoms with Gasteiger partial charge in [-0.25, -0.2) is 0 Å². The number of methoxy groups -OCH3 is 2. The van der Waals surface area contributed by atoms with Crippen molar-refractivity contribution in [2.75, 3.05) is 27.3 Å². The number of aromatic hydroxyl groups is 1. The van der Waals surface area contributed by atoms with Crippen molar-refractivity contribution in [1.29, 1.82) is 0 Å². The van der Waals surface area contributed by atoms with Crippen LogP contribution in [0, 0.1) is 5.92 Å². The molecule has 1 atom stereocenters. The van der Waals surface area contributed by atoms with E-state index >= 15 is 0 Å². The molecule has 2 fully saturated rings. The summed E-state index contributed by atoms with van der Waals surface area (Å²) in [5, 5.41) is 10.1. The zero-order valence-electron chi connectivity index (χ0n) is 19.3. The molecule has 1 saturated heterocycles. The molecule has 0 aromatic heterocycles. The maximum absolute atomic E-state index is 12.3. The Morgan fingerprint density at radius 3 is 2.45 bits per heavy atom. The molecule has 1 unspecified atom stereocenters. The largest absolute Gasteiger partial charge is 0.508 e. The molecule has 2 aliphatic rings. The van der Waals surface area contributed by atoms with Crippen LogP contribution in [0.25, 0.3) is 12.2 Å². The Kier molecular flexibility index (Phi) is 6.99. The fraction of sp³-hybridized carbons (Fsp3) is 0.321. The lowest BCUT2D eigenvalue weighted by atomic mass is 9.85. The van der Waals surface area contributed by atoms with E-state index in [4.69, 9.17) is 9.47 Å². The van der Waals surface area contributed by atoms with Crippen molar-refractivity contribution in [2.45, 2.75) is 25.3 Å². The van der Waals surface area contributed by atoms with E-state index in [0.29, 0.717) is 18.2 Å². The fourth-order valence-corrected chi connectivity index (χ4v) is 4.47. The van der Waals surface area contributed by atoms with Crippen LogP contribution >= 0.6 is 0 Å². The van der Waals surface area contributed by atoms with Crippen LogP contribution in [0.15, 0.2) is 60.2 Å². The summed E-state index contributed by atoms with van der Waals surface area (Å²) in [6.07, 6.45) is 9.98. The Labute approximate surface area is 195 Å². The summed E-state index contributed by atoms with van der Waals surface area (Å²) < 4.78 is 10.9. The number of benzene rings is 2. The zero-order chi connectivity index (χ0) is 23.4. The molecule has 172 valence electrons. The van der Waals surface area contributed by atoms with Crippen molar-refractivity contribution >= 4 is 18.4 Å². The first-order valence-electron chi connectivity index (χ1n) is 11.3. The molecule has 1 N–H and O–H groups in total. The molecular formula is C28H31NO4. The highest BCUT2D eigenvalue weighted by Crippen LogP contribution is 2.38. The second-order valence-electron chi connectivity index (χ2n) is 8.68. The van der Waals surface area contributed by atoms with Crippen LogP contribution in [0.2, 0.25) is 0 Å². The van der Waals surface area contributed by atoms with Crippen molar-refractivity contribution in [3.63, 3.8) is 0 Å². The minimum absolute atomic E-state index is 0.263. The predicted octanol–water partition coefficient (Wildman–Crippen LogP) is 4.90. The minimum atomic E-state index is -0.302. The third-order valence-corrected chi connectivity index (χ3v) is 6.37. The highest BCUT2D eigenvalue weighted by atomic mass is 16.5. The predicted molar refractivity (Wildman–Crippen MR) is 132 cm³/mol. The zero-order valence-corrected chi connectivity index (χ0v) is 19.3. The van der Waals surface area contributed by atoms with E-state index in [0.717, 1.165) is 53.0 Å². The first kappa shape index (κ1) is 22.9. The topological polar surface area (TPSA) is 59.0 Å². The van der Waals surface area contributed by atoms with Crippen LogP contribution in [-0.2, 0) is 11.2 Å². The van der Waals surface area contributed by atoms with E-state index in [-0.39, 0.29) is 11.7 Å². The number of rotatable bonds is 8. The number of phenolic OH excluding ortho intramolecular Hbond substituents is 1. The van der Waals surface area contributed by atoms with E-state index in [1.807, 2.05) is 30.3 Å². The van der Waals surface area contributed by atoms with Crippen LogP contribution < -0.4 is 9.47 Å². The van der Waals surface area contributed by atoms with Gasteiger partial charge >= 0.3 is 0 Å². The molecular weight excluding hydrogens is 414 g/mol. The molecule has 5 heteroatoms. The Hall–Kier alpha value is -3.31. The van der Waals surface area contributed by atoms with Gasteiger partial charge in [0.1, 0.15) is 23.5 Å². The number of allylic oxidation sites excluding steroid dienone is 1. The van der Waals surface area contributed by atoms with Gasteiger partial charge in [0, 0.05) is 30.8 Å². The second kappa shape index (κ2) is 10.1. The molecule has 1 aliphatic carbocycles. The maximum Gasteiger partial charge on any atom is 0.131 e. The summed E-state index contributed by atoms with van der Waals surface area (Å²) in [6, 6.07) is 11.9. The van der Waals surface area contributed by atoms with Crippen molar-refractivity contribution in [2.24, 2.45) is 5.92 Å². The van der Waals surface area contributed by atoms with Gasteiger partial charge in [0.05, 0.1) is 20.1 Å².